The van der Waals surface area contributed by atoms with Gasteiger partial charge in [-0.1, -0.05) is 22.9 Å². The molecule has 0 aliphatic rings. The van der Waals surface area contributed by atoms with Crippen molar-refractivity contribution in [1.29, 1.82) is 5.26 Å². The number of nitrogen functional groups attached to an aromatic ring is 1. The topological polar surface area (TPSA) is 87.6 Å². The summed E-state index contributed by atoms with van der Waals surface area (Å²) in [5, 5.41) is 12.2. The molecule has 0 aliphatic heterocycles. The van der Waals surface area contributed by atoms with E-state index in [1.54, 1.807) is 12.1 Å². The molecule has 0 unspecified atom stereocenters. The summed E-state index contributed by atoms with van der Waals surface area (Å²) >= 11 is 3.37. The summed E-state index contributed by atoms with van der Waals surface area (Å²) in [6, 6.07) is 9.14. The number of nitrogens with one attached hydrogen (secondary N) is 1. The Bertz CT molecular complexity index is 648. The summed E-state index contributed by atoms with van der Waals surface area (Å²) < 4.78 is 0.881. The van der Waals surface area contributed by atoms with Crippen molar-refractivity contribution < 1.29 is 0 Å². The van der Waals surface area contributed by atoms with Gasteiger partial charge in [-0.05, 0) is 18.2 Å². The monoisotopic (exact) mass is 317 g/mol. The molecule has 19 heavy (non-hydrogen) atoms. The number of nitrogens with zero attached hydrogens (tertiary/aromatic N) is 3. The molecule has 96 valence electrons. The first kappa shape index (κ1) is 13.3. The summed E-state index contributed by atoms with van der Waals surface area (Å²) in [7, 11) is 0. The number of nitriles is 1. The van der Waals surface area contributed by atoms with Crippen LogP contribution in [0.25, 0.3) is 0 Å². The first-order valence-electron chi connectivity index (χ1n) is 5.72. The van der Waals surface area contributed by atoms with E-state index in [-0.39, 0.29) is 0 Å². The maximum absolute atomic E-state index is 9.08. The average Bonchev–Trinajstić information content (AvgIpc) is 2.38. The van der Waals surface area contributed by atoms with Crippen LogP contribution < -0.4 is 11.1 Å². The molecule has 0 spiro atoms. The lowest BCUT2D eigenvalue weighted by molar-refractivity contribution is 0.948. The first-order chi connectivity index (χ1) is 9.12. The van der Waals surface area contributed by atoms with Crippen LogP contribution in [0.3, 0.4) is 0 Å². The Labute approximate surface area is 119 Å². The molecule has 0 fully saturated rings. The molecule has 0 atom stereocenters. The van der Waals surface area contributed by atoms with Gasteiger partial charge in [0, 0.05) is 17.0 Å². The molecule has 2 rings (SSSR count). The number of hydrogen-bond acceptors (Lipinski definition) is 5. The van der Waals surface area contributed by atoms with Gasteiger partial charge in [0.15, 0.2) is 0 Å². The van der Waals surface area contributed by atoms with Gasteiger partial charge in [-0.25, -0.2) is 9.97 Å². The Morgan fingerprint density at radius 1 is 1.37 bits per heavy atom. The zero-order valence-electron chi connectivity index (χ0n) is 10.3. The lowest BCUT2D eigenvalue weighted by atomic mass is 10.2. The van der Waals surface area contributed by atoms with Crippen LogP contribution in [0.2, 0.25) is 0 Å². The zero-order chi connectivity index (χ0) is 13.8. The van der Waals surface area contributed by atoms with Gasteiger partial charge in [0.25, 0.3) is 0 Å². The summed E-state index contributed by atoms with van der Waals surface area (Å²) in [5.41, 5.74) is 6.94. The van der Waals surface area contributed by atoms with Crippen LogP contribution in [-0.2, 0) is 6.42 Å². The third kappa shape index (κ3) is 3.20. The highest BCUT2D eigenvalue weighted by atomic mass is 79.9. The molecule has 0 aliphatic carbocycles. The van der Waals surface area contributed by atoms with E-state index in [0.29, 0.717) is 35.1 Å². The van der Waals surface area contributed by atoms with E-state index in [9.17, 15) is 0 Å². The van der Waals surface area contributed by atoms with Gasteiger partial charge >= 0.3 is 0 Å². The average molecular weight is 318 g/mol. The molecule has 0 saturated carbocycles. The normalized spacial score (nSPS) is 9.95. The second-order valence-corrected chi connectivity index (χ2v) is 4.79. The second-order valence-electron chi connectivity index (χ2n) is 3.87. The van der Waals surface area contributed by atoms with Gasteiger partial charge in [0.1, 0.15) is 23.5 Å². The number of aryl methyl sites for hydroxylation is 1. The molecular formula is C13H12BrN5. The van der Waals surface area contributed by atoms with Crippen LogP contribution in [0.1, 0.15) is 18.3 Å². The van der Waals surface area contributed by atoms with E-state index in [0.717, 1.165) is 4.47 Å². The maximum atomic E-state index is 9.08. The van der Waals surface area contributed by atoms with Crippen LogP contribution in [0.4, 0.5) is 17.3 Å². The summed E-state index contributed by atoms with van der Waals surface area (Å²) in [6.45, 7) is 1.96. The fourth-order valence-corrected chi connectivity index (χ4v) is 1.96. The Morgan fingerprint density at radius 2 is 2.16 bits per heavy atom. The number of aromatic nitrogens is 2. The Balaban J connectivity index is 2.38. The second kappa shape index (κ2) is 5.67. The van der Waals surface area contributed by atoms with E-state index in [1.165, 1.54) is 0 Å². The lowest BCUT2D eigenvalue weighted by Crippen LogP contribution is -2.03. The van der Waals surface area contributed by atoms with E-state index in [1.807, 2.05) is 19.1 Å². The first-order valence-corrected chi connectivity index (χ1v) is 6.51. The fraction of sp³-hybridized carbons (Fsp3) is 0.154. The predicted octanol–water partition coefficient (Wildman–Crippen LogP) is 3.00. The van der Waals surface area contributed by atoms with Gasteiger partial charge in [0.2, 0.25) is 0 Å². The smallest absolute Gasteiger partial charge is 0.136 e. The molecule has 1 aromatic carbocycles. The molecule has 0 saturated heterocycles. The van der Waals surface area contributed by atoms with Crippen molar-refractivity contribution in [3.05, 3.63) is 40.1 Å². The van der Waals surface area contributed by atoms with Crippen molar-refractivity contribution in [2.45, 2.75) is 13.3 Å². The fourth-order valence-electron chi connectivity index (χ4n) is 1.60. The van der Waals surface area contributed by atoms with Gasteiger partial charge in [0.05, 0.1) is 11.3 Å². The van der Waals surface area contributed by atoms with Crippen molar-refractivity contribution in [3.8, 4) is 6.07 Å². The van der Waals surface area contributed by atoms with Gasteiger partial charge in [-0.2, -0.15) is 5.26 Å². The maximum Gasteiger partial charge on any atom is 0.136 e. The van der Waals surface area contributed by atoms with Crippen molar-refractivity contribution >= 4 is 33.3 Å². The number of anilines is 3. The minimum Gasteiger partial charge on any atom is -0.384 e. The van der Waals surface area contributed by atoms with Gasteiger partial charge in [-0.15, -0.1) is 0 Å². The van der Waals surface area contributed by atoms with E-state index in [4.69, 9.17) is 11.0 Å². The van der Waals surface area contributed by atoms with Gasteiger partial charge in [-0.3, -0.25) is 0 Å². The molecular weight excluding hydrogens is 306 g/mol. The summed E-state index contributed by atoms with van der Waals surface area (Å²) in [5.74, 6) is 1.65. The molecule has 0 amide bonds. The van der Waals surface area contributed by atoms with Crippen LogP contribution in [-0.4, -0.2) is 9.97 Å². The largest absolute Gasteiger partial charge is 0.384 e. The number of nitrogens with two attached hydrogens (primary N) is 1. The molecule has 3 N–H and O–H groups in total. The highest BCUT2D eigenvalue weighted by molar-refractivity contribution is 9.10. The minimum atomic E-state index is 0.405. The Hall–Kier alpha value is -2.13. The molecule has 0 radical (unpaired) electrons. The molecule has 1 aromatic heterocycles. The lowest BCUT2D eigenvalue weighted by Gasteiger charge is -2.09. The molecule has 0 bridgehead atoms. The summed E-state index contributed by atoms with van der Waals surface area (Å²) in [6.07, 6.45) is 0.698. The predicted molar refractivity (Wildman–Crippen MR) is 78.0 cm³/mol. The highest BCUT2D eigenvalue weighted by Crippen LogP contribution is 2.24. The van der Waals surface area contributed by atoms with E-state index in [2.05, 4.69) is 37.3 Å². The van der Waals surface area contributed by atoms with Crippen LogP contribution in [0, 0.1) is 11.3 Å². The third-order valence-electron chi connectivity index (χ3n) is 2.47. The zero-order valence-corrected chi connectivity index (χ0v) is 11.9. The number of hydrogen-bond donors (Lipinski definition) is 2. The number of halogens is 1. The molecule has 2 aromatic rings. The van der Waals surface area contributed by atoms with Crippen LogP contribution in [0.5, 0.6) is 0 Å². The van der Waals surface area contributed by atoms with Crippen molar-refractivity contribution in [2.24, 2.45) is 0 Å². The van der Waals surface area contributed by atoms with Crippen molar-refractivity contribution in [1.82, 2.24) is 9.97 Å². The van der Waals surface area contributed by atoms with Crippen LogP contribution >= 0.6 is 15.9 Å². The SMILES string of the molecule is CCc1nc(N)cc(Nc2cc(Br)ccc2C#N)n1. The van der Waals surface area contributed by atoms with E-state index < -0.39 is 0 Å². The van der Waals surface area contributed by atoms with Crippen LogP contribution in [0.15, 0.2) is 28.7 Å². The van der Waals surface area contributed by atoms with E-state index >= 15 is 0 Å². The van der Waals surface area contributed by atoms with Crippen molar-refractivity contribution in [2.75, 3.05) is 11.1 Å². The minimum absolute atomic E-state index is 0.405. The Morgan fingerprint density at radius 3 is 2.84 bits per heavy atom. The van der Waals surface area contributed by atoms with Crippen molar-refractivity contribution in [3.63, 3.8) is 0 Å². The molecule has 1 heterocycles. The molecule has 5 nitrogen and oxygen atoms in total. The quantitative estimate of drug-likeness (QED) is 0.908. The number of benzene rings is 1. The van der Waals surface area contributed by atoms with Gasteiger partial charge < -0.3 is 11.1 Å². The molecule has 6 heteroatoms. The third-order valence-corrected chi connectivity index (χ3v) is 2.97. The standard InChI is InChI=1S/C13H12BrN5/c1-2-12-18-11(16)6-13(19-12)17-10-5-9(14)4-3-8(10)7-15/h3-6H,2H2,1H3,(H3,16,17,18,19). The summed E-state index contributed by atoms with van der Waals surface area (Å²) in [4.78, 5) is 8.43. The number of rotatable bonds is 3. The highest BCUT2D eigenvalue weighted by Gasteiger charge is 2.06. The Kier molecular flexibility index (Phi) is 3.97.